The van der Waals surface area contributed by atoms with E-state index < -0.39 is 0 Å². The van der Waals surface area contributed by atoms with Crippen LogP contribution in [0.15, 0.2) is 0 Å². The van der Waals surface area contributed by atoms with Gasteiger partial charge in [-0.15, -0.1) is 11.6 Å². The van der Waals surface area contributed by atoms with Crippen molar-refractivity contribution >= 4 is 22.8 Å². The summed E-state index contributed by atoms with van der Waals surface area (Å²) < 4.78 is 4.43. The normalized spacial score (nSPS) is 26.0. The Balaban J connectivity index is 2.13. The molecule has 4 nitrogen and oxygen atoms in total. The lowest BCUT2D eigenvalue weighted by Crippen LogP contribution is -2.19. The van der Waals surface area contributed by atoms with Crippen LogP contribution in [-0.4, -0.2) is 25.2 Å². The van der Waals surface area contributed by atoms with Crippen molar-refractivity contribution in [3.8, 4) is 0 Å². The van der Waals surface area contributed by atoms with Gasteiger partial charge in [0.05, 0.1) is 5.69 Å². The largest absolute Gasteiger partial charge is 0.309 e. The van der Waals surface area contributed by atoms with Gasteiger partial charge in [-0.25, -0.2) is 4.98 Å². The molecule has 3 unspecified atom stereocenters. The lowest BCUT2D eigenvalue weighted by molar-refractivity contribution is 0.327. The SMILES string of the molecule is CCC1CCC(n2c(CCCl)nc3c(C)nn(C)c32)C1C. The van der Waals surface area contributed by atoms with E-state index in [1.807, 2.05) is 18.7 Å². The zero-order valence-electron chi connectivity index (χ0n) is 13.4. The van der Waals surface area contributed by atoms with Gasteiger partial charge in [0, 0.05) is 25.4 Å². The highest BCUT2D eigenvalue weighted by molar-refractivity contribution is 6.17. The molecule has 5 heteroatoms. The summed E-state index contributed by atoms with van der Waals surface area (Å²) in [6.07, 6.45) is 4.66. The molecule has 116 valence electrons. The molecule has 0 saturated heterocycles. The summed E-state index contributed by atoms with van der Waals surface area (Å²) in [7, 11) is 2.02. The number of hydrogen-bond acceptors (Lipinski definition) is 2. The quantitative estimate of drug-likeness (QED) is 0.804. The van der Waals surface area contributed by atoms with Crippen molar-refractivity contribution in [2.75, 3.05) is 5.88 Å². The fraction of sp³-hybridized carbons (Fsp3) is 0.750. The van der Waals surface area contributed by atoms with E-state index >= 15 is 0 Å². The molecule has 1 saturated carbocycles. The third-order valence-electron chi connectivity index (χ3n) is 5.27. The van der Waals surface area contributed by atoms with Crippen LogP contribution in [0, 0.1) is 18.8 Å². The van der Waals surface area contributed by atoms with E-state index in [4.69, 9.17) is 16.6 Å². The number of hydrogen-bond donors (Lipinski definition) is 0. The molecule has 2 aromatic heterocycles. The van der Waals surface area contributed by atoms with Gasteiger partial charge in [0.2, 0.25) is 0 Å². The van der Waals surface area contributed by atoms with Gasteiger partial charge in [-0.1, -0.05) is 20.3 Å². The molecular formula is C16H25ClN4. The Morgan fingerprint density at radius 1 is 1.33 bits per heavy atom. The second-order valence-electron chi connectivity index (χ2n) is 6.39. The first kappa shape index (κ1) is 14.9. The summed E-state index contributed by atoms with van der Waals surface area (Å²) in [5.74, 6) is 3.26. The van der Waals surface area contributed by atoms with Crippen LogP contribution in [0.5, 0.6) is 0 Å². The molecule has 2 aromatic rings. The van der Waals surface area contributed by atoms with Crippen LogP contribution in [0.4, 0.5) is 0 Å². The van der Waals surface area contributed by atoms with E-state index in [2.05, 4.69) is 23.5 Å². The molecule has 1 aliphatic carbocycles. The number of aromatic nitrogens is 4. The fourth-order valence-electron chi connectivity index (χ4n) is 4.12. The second kappa shape index (κ2) is 5.64. The number of rotatable bonds is 4. The van der Waals surface area contributed by atoms with E-state index in [0.29, 0.717) is 17.8 Å². The molecular weight excluding hydrogens is 284 g/mol. The van der Waals surface area contributed by atoms with Gasteiger partial charge in [0.25, 0.3) is 0 Å². The molecule has 0 spiro atoms. The Hall–Kier alpha value is -1.03. The zero-order chi connectivity index (χ0) is 15.1. The number of alkyl halides is 1. The Labute approximate surface area is 131 Å². The summed E-state index contributed by atoms with van der Waals surface area (Å²) in [5, 5.41) is 4.55. The Morgan fingerprint density at radius 3 is 2.71 bits per heavy atom. The molecule has 1 fully saturated rings. The Bertz CT molecular complexity index is 642. The van der Waals surface area contributed by atoms with E-state index in [1.54, 1.807) is 0 Å². The van der Waals surface area contributed by atoms with Gasteiger partial charge < -0.3 is 4.57 Å². The summed E-state index contributed by atoms with van der Waals surface area (Å²) in [6, 6.07) is 0.535. The third-order valence-corrected chi connectivity index (χ3v) is 5.45. The molecule has 0 N–H and O–H groups in total. The van der Waals surface area contributed by atoms with Crippen LogP contribution in [0.25, 0.3) is 11.2 Å². The van der Waals surface area contributed by atoms with E-state index in [1.165, 1.54) is 24.9 Å². The average Bonchev–Trinajstić information content (AvgIpc) is 3.06. The van der Waals surface area contributed by atoms with E-state index in [0.717, 1.165) is 29.4 Å². The molecule has 0 bridgehead atoms. The van der Waals surface area contributed by atoms with Gasteiger partial charge in [-0.3, -0.25) is 4.68 Å². The molecule has 3 rings (SSSR count). The van der Waals surface area contributed by atoms with Crippen molar-refractivity contribution in [1.29, 1.82) is 0 Å². The number of nitrogens with zero attached hydrogens (tertiary/aromatic N) is 4. The van der Waals surface area contributed by atoms with Gasteiger partial charge in [0.15, 0.2) is 5.65 Å². The first-order valence-electron chi connectivity index (χ1n) is 8.04. The first-order valence-corrected chi connectivity index (χ1v) is 8.58. The minimum atomic E-state index is 0.535. The van der Waals surface area contributed by atoms with Crippen molar-refractivity contribution in [2.45, 2.75) is 52.5 Å². The van der Waals surface area contributed by atoms with Crippen molar-refractivity contribution < 1.29 is 0 Å². The summed E-state index contributed by atoms with van der Waals surface area (Å²) in [6.45, 7) is 6.74. The van der Waals surface area contributed by atoms with Crippen molar-refractivity contribution in [2.24, 2.45) is 18.9 Å². The molecule has 21 heavy (non-hydrogen) atoms. The number of halogens is 1. The van der Waals surface area contributed by atoms with E-state index in [9.17, 15) is 0 Å². The Kier molecular flexibility index (Phi) is 4.00. The highest BCUT2D eigenvalue weighted by Gasteiger charge is 2.35. The maximum absolute atomic E-state index is 6.01. The molecule has 0 aliphatic heterocycles. The summed E-state index contributed by atoms with van der Waals surface area (Å²) in [5.41, 5.74) is 3.23. The lowest BCUT2D eigenvalue weighted by Gasteiger charge is -2.23. The highest BCUT2D eigenvalue weighted by atomic mass is 35.5. The van der Waals surface area contributed by atoms with Crippen LogP contribution < -0.4 is 0 Å². The molecule has 2 heterocycles. The van der Waals surface area contributed by atoms with E-state index in [-0.39, 0.29) is 0 Å². The van der Waals surface area contributed by atoms with Crippen LogP contribution in [0.3, 0.4) is 0 Å². The minimum absolute atomic E-state index is 0.535. The predicted octanol–water partition coefficient (Wildman–Crippen LogP) is 3.86. The van der Waals surface area contributed by atoms with Gasteiger partial charge in [-0.05, 0) is 31.6 Å². The minimum Gasteiger partial charge on any atom is -0.309 e. The lowest BCUT2D eigenvalue weighted by atomic mass is 9.93. The molecule has 0 radical (unpaired) electrons. The Morgan fingerprint density at radius 2 is 2.10 bits per heavy atom. The topological polar surface area (TPSA) is 35.6 Å². The number of aryl methyl sites for hydroxylation is 3. The summed E-state index contributed by atoms with van der Waals surface area (Å²) in [4.78, 5) is 4.85. The second-order valence-corrected chi connectivity index (χ2v) is 6.77. The maximum atomic E-state index is 6.01. The van der Waals surface area contributed by atoms with Crippen molar-refractivity contribution in [3.63, 3.8) is 0 Å². The van der Waals surface area contributed by atoms with Crippen LogP contribution in [0.1, 0.15) is 50.7 Å². The summed E-state index contributed by atoms with van der Waals surface area (Å²) >= 11 is 6.01. The van der Waals surface area contributed by atoms with Crippen molar-refractivity contribution in [1.82, 2.24) is 19.3 Å². The molecule has 0 aromatic carbocycles. The van der Waals surface area contributed by atoms with Gasteiger partial charge >= 0.3 is 0 Å². The monoisotopic (exact) mass is 308 g/mol. The van der Waals surface area contributed by atoms with Crippen molar-refractivity contribution in [3.05, 3.63) is 11.5 Å². The maximum Gasteiger partial charge on any atom is 0.158 e. The van der Waals surface area contributed by atoms with Crippen LogP contribution in [0.2, 0.25) is 0 Å². The average molecular weight is 309 g/mol. The molecule has 1 aliphatic rings. The van der Waals surface area contributed by atoms with Gasteiger partial charge in [0.1, 0.15) is 11.3 Å². The molecule has 3 atom stereocenters. The number of fused-ring (bicyclic) bond motifs is 1. The first-order chi connectivity index (χ1) is 10.1. The standard InChI is InChI=1S/C16H25ClN4/c1-5-12-6-7-13(10(12)2)21-14(8-9-17)18-15-11(3)19-20(4)16(15)21/h10,12-13H,5-9H2,1-4H3. The van der Waals surface area contributed by atoms with Crippen LogP contribution in [-0.2, 0) is 13.5 Å². The zero-order valence-corrected chi connectivity index (χ0v) is 14.2. The predicted molar refractivity (Wildman–Crippen MR) is 86.9 cm³/mol. The fourth-order valence-corrected chi connectivity index (χ4v) is 4.28. The highest BCUT2D eigenvalue weighted by Crippen LogP contribution is 2.43. The number of imidazole rings is 1. The smallest absolute Gasteiger partial charge is 0.158 e. The van der Waals surface area contributed by atoms with Gasteiger partial charge in [-0.2, -0.15) is 5.10 Å². The van der Waals surface area contributed by atoms with Crippen LogP contribution >= 0.6 is 11.6 Å². The third kappa shape index (κ3) is 2.28. The molecule has 0 amide bonds.